The highest BCUT2D eigenvalue weighted by molar-refractivity contribution is 7.89. The third-order valence-electron chi connectivity index (χ3n) is 3.04. The van der Waals surface area contributed by atoms with E-state index in [1.165, 1.54) is 15.7 Å². The van der Waals surface area contributed by atoms with Crippen LogP contribution in [-0.4, -0.2) is 36.3 Å². The Morgan fingerprint density at radius 2 is 2.40 bits per heavy atom. The maximum absolute atomic E-state index is 12.3. The molecule has 1 fully saturated rings. The lowest BCUT2D eigenvalue weighted by atomic mass is 10.2. The molecule has 1 amide bonds. The predicted molar refractivity (Wildman–Crippen MR) is 74.4 cm³/mol. The van der Waals surface area contributed by atoms with Crippen LogP contribution in [0.3, 0.4) is 0 Å². The van der Waals surface area contributed by atoms with Crippen LogP contribution in [0.5, 0.6) is 0 Å². The lowest BCUT2D eigenvalue weighted by Gasteiger charge is -2.11. The number of hydrogen-bond acceptors (Lipinski definition) is 5. The molecule has 3 heterocycles. The maximum atomic E-state index is 12.3. The third kappa shape index (κ3) is 2.41. The highest BCUT2D eigenvalue weighted by Crippen LogP contribution is 2.25. The topological polar surface area (TPSA) is 92.6 Å². The normalized spacial score (nSPS) is 19.6. The molecule has 1 aliphatic heterocycles. The number of amides is 1. The summed E-state index contributed by atoms with van der Waals surface area (Å²) in [5, 5.41) is 4.30. The van der Waals surface area contributed by atoms with E-state index in [-0.39, 0.29) is 28.7 Å². The summed E-state index contributed by atoms with van der Waals surface area (Å²) in [7, 11) is -3.78. The fourth-order valence-electron chi connectivity index (χ4n) is 2.09. The summed E-state index contributed by atoms with van der Waals surface area (Å²) in [6.45, 7) is 0.141. The third-order valence-corrected chi connectivity index (χ3v) is 5.62. The summed E-state index contributed by atoms with van der Waals surface area (Å²) >= 11 is 7.20. The second-order valence-corrected chi connectivity index (χ2v) is 7.33. The summed E-state index contributed by atoms with van der Waals surface area (Å²) in [5.74, 6) is -0.0585. The fourth-order valence-corrected chi connectivity index (χ4v) is 4.62. The molecule has 0 aromatic carbocycles. The summed E-state index contributed by atoms with van der Waals surface area (Å²) in [6, 6.07) is -0.179. The molecule has 2 aromatic rings. The van der Waals surface area contributed by atoms with E-state index in [4.69, 9.17) is 11.6 Å². The number of thiazole rings is 1. The highest BCUT2D eigenvalue weighted by Gasteiger charge is 2.27. The molecule has 0 aliphatic carbocycles. The van der Waals surface area contributed by atoms with Crippen LogP contribution in [-0.2, 0) is 14.8 Å². The average Bonchev–Trinajstić information content (AvgIpc) is 3.02. The highest BCUT2D eigenvalue weighted by atomic mass is 35.5. The molecule has 0 radical (unpaired) electrons. The van der Waals surface area contributed by atoms with Crippen molar-refractivity contribution in [2.45, 2.75) is 23.9 Å². The first kappa shape index (κ1) is 13.8. The standard InChI is InChI=1S/C10H11ClN4O3S2/c11-8-9(15-3-4-19-10(15)14-8)20(17,18)12-5-6-1-2-7(16)13-6/h3-4,6,12H,1-2,5H2,(H,13,16). The van der Waals surface area contributed by atoms with Crippen LogP contribution in [0.4, 0.5) is 0 Å². The van der Waals surface area contributed by atoms with Gasteiger partial charge in [0.15, 0.2) is 15.1 Å². The van der Waals surface area contributed by atoms with Gasteiger partial charge in [0.25, 0.3) is 10.0 Å². The fraction of sp³-hybridized carbons (Fsp3) is 0.400. The van der Waals surface area contributed by atoms with Crippen LogP contribution < -0.4 is 10.0 Å². The minimum absolute atomic E-state index is 0.0557. The Morgan fingerprint density at radius 1 is 1.60 bits per heavy atom. The first-order chi connectivity index (χ1) is 9.47. The van der Waals surface area contributed by atoms with Gasteiger partial charge < -0.3 is 5.32 Å². The Hall–Kier alpha value is -1.16. The Balaban J connectivity index is 1.82. The van der Waals surface area contributed by atoms with Crippen molar-refractivity contribution in [3.05, 3.63) is 16.7 Å². The number of halogens is 1. The summed E-state index contributed by atoms with van der Waals surface area (Å²) in [5.41, 5.74) is 0. The quantitative estimate of drug-likeness (QED) is 0.856. The van der Waals surface area contributed by atoms with Gasteiger partial charge in [-0.3, -0.25) is 9.20 Å². The zero-order valence-corrected chi connectivity index (χ0v) is 12.6. The Morgan fingerprint density at radius 3 is 3.10 bits per heavy atom. The summed E-state index contributed by atoms with van der Waals surface area (Å²) < 4.78 is 28.5. The minimum Gasteiger partial charge on any atom is -0.352 e. The van der Waals surface area contributed by atoms with Gasteiger partial charge in [0.1, 0.15) is 0 Å². The van der Waals surface area contributed by atoms with Gasteiger partial charge >= 0.3 is 0 Å². The van der Waals surface area contributed by atoms with Crippen molar-refractivity contribution < 1.29 is 13.2 Å². The number of carbonyl (C=O) groups is 1. The van der Waals surface area contributed by atoms with Gasteiger partial charge in [-0.15, -0.1) is 11.3 Å². The van der Waals surface area contributed by atoms with Crippen molar-refractivity contribution >= 4 is 43.8 Å². The summed E-state index contributed by atoms with van der Waals surface area (Å²) in [6.07, 6.45) is 2.65. The van der Waals surface area contributed by atoms with Gasteiger partial charge in [-0.25, -0.2) is 18.1 Å². The Kier molecular flexibility index (Phi) is 3.44. The van der Waals surface area contributed by atoms with Gasteiger partial charge in [0.2, 0.25) is 5.91 Å². The van der Waals surface area contributed by atoms with Gasteiger partial charge in [-0.2, -0.15) is 0 Å². The molecule has 3 rings (SSSR count). The number of fused-ring (bicyclic) bond motifs is 1. The van der Waals surface area contributed by atoms with E-state index in [0.717, 1.165) is 0 Å². The molecule has 1 aliphatic rings. The van der Waals surface area contributed by atoms with Crippen molar-refractivity contribution in [2.75, 3.05) is 6.54 Å². The minimum atomic E-state index is -3.78. The van der Waals surface area contributed by atoms with Gasteiger partial charge in [0.05, 0.1) is 0 Å². The average molecular weight is 335 g/mol. The molecule has 0 bridgehead atoms. The van der Waals surface area contributed by atoms with Crippen molar-refractivity contribution in [2.24, 2.45) is 0 Å². The molecule has 108 valence electrons. The lowest BCUT2D eigenvalue weighted by Crippen LogP contribution is -2.38. The van der Waals surface area contributed by atoms with E-state index >= 15 is 0 Å². The van der Waals surface area contributed by atoms with Crippen molar-refractivity contribution in [1.29, 1.82) is 0 Å². The molecule has 0 saturated carbocycles. The van der Waals surface area contributed by atoms with Crippen molar-refractivity contribution in [3.8, 4) is 0 Å². The van der Waals surface area contributed by atoms with E-state index < -0.39 is 10.0 Å². The van der Waals surface area contributed by atoms with Crippen molar-refractivity contribution in [3.63, 3.8) is 0 Å². The largest absolute Gasteiger partial charge is 0.352 e. The first-order valence-corrected chi connectivity index (χ1v) is 8.61. The molecule has 1 saturated heterocycles. The Labute approximate surface area is 124 Å². The van der Waals surface area contributed by atoms with Crippen LogP contribution in [0, 0.1) is 0 Å². The zero-order chi connectivity index (χ0) is 14.3. The van der Waals surface area contributed by atoms with E-state index in [1.54, 1.807) is 11.6 Å². The van der Waals surface area contributed by atoms with E-state index in [0.29, 0.717) is 17.8 Å². The number of hydrogen-bond donors (Lipinski definition) is 2. The summed E-state index contributed by atoms with van der Waals surface area (Å²) in [4.78, 5) is 15.6. The van der Waals surface area contributed by atoms with Crippen LogP contribution in [0.15, 0.2) is 16.6 Å². The van der Waals surface area contributed by atoms with Crippen LogP contribution in [0.1, 0.15) is 12.8 Å². The first-order valence-electron chi connectivity index (χ1n) is 5.87. The molecule has 7 nitrogen and oxygen atoms in total. The number of carbonyl (C=O) groups excluding carboxylic acids is 1. The zero-order valence-electron chi connectivity index (χ0n) is 10.2. The number of imidazole rings is 1. The van der Waals surface area contributed by atoms with Gasteiger partial charge in [0, 0.05) is 30.6 Å². The number of aromatic nitrogens is 2. The molecule has 2 N–H and O–H groups in total. The smallest absolute Gasteiger partial charge is 0.259 e. The Bertz CT molecular complexity index is 767. The number of nitrogens with zero attached hydrogens (tertiary/aromatic N) is 2. The van der Waals surface area contributed by atoms with Crippen LogP contribution >= 0.6 is 22.9 Å². The van der Waals surface area contributed by atoms with Gasteiger partial charge in [-0.1, -0.05) is 11.6 Å². The molecule has 2 aromatic heterocycles. The molecular weight excluding hydrogens is 324 g/mol. The van der Waals surface area contributed by atoms with Crippen LogP contribution in [0.2, 0.25) is 5.15 Å². The van der Waals surface area contributed by atoms with Crippen LogP contribution in [0.25, 0.3) is 4.96 Å². The molecular formula is C10H11ClN4O3S2. The molecule has 20 heavy (non-hydrogen) atoms. The number of rotatable bonds is 4. The molecule has 0 spiro atoms. The van der Waals surface area contributed by atoms with Gasteiger partial charge in [-0.05, 0) is 6.42 Å². The number of nitrogens with one attached hydrogen (secondary N) is 2. The SMILES string of the molecule is O=C1CCC(CNS(=O)(=O)c2c(Cl)nc3sccn23)N1. The molecule has 10 heteroatoms. The molecule has 1 atom stereocenters. The molecule has 1 unspecified atom stereocenters. The maximum Gasteiger partial charge on any atom is 0.259 e. The second-order valence-electron chi connectivity index (χ2n) is 4.42. The van der Waals surface area contributed by atoms with E-state index in [1.807, 2.05) is 0 Å². The lowest BCUT2D eigenvalue weighted by molar-refractivity contribution is -0.119. The van der Waals surface area contributed by atoms with E-state index in [2.05, 4.69) is 15.0 Å². The van der Waals surface area contributed by atoms with E-state index in [9.17, 15) is 13.2 Å². The monoisotopic (exact) mass is 334 g/mol. The number of sulfonamides is 1. The van der Waals surface area contributed by atoms with Crippen molar-refractivity contribution in [1.82, 2.24) is 19.4 Å². The second kappa shape index (κ2) is 4.99. The predicted octanol–water partition coefficient (Wildman–Crippen LogP) is 0.606.